The Bertz CT molecular complexity index is 1580. The van der Waals surface area contributed by atoms with E-state index in [1.165, 1.54) is 40.4 Å². The van der Waals surface area contributed by atoms with Gasteiger partial charge in [0.15, 0.2) is 0 Å². The van der Waals surface area contributed by atoms with Gasteiger partial charge < -0.3 is 4.42 Å². The maximum absolute atomic E-state index is 13.4. The van der Waals surface area contributed by atoms with Gasteiger partial charge in [0.25, 0.3) is 5.56 Å². The van der Waals surface area contributed by atoms with E-state index >= 15 is 0 Å². The fourth-order valence-corrected chi connectivity index (χ4v) is 4.67. The molecular formula is C24H17FN2O3S. The normalized spacial score (nSPS) is 11.5. The zero-order valence-electron chi connectivity index (χ0n) is 16.8. The highest BCUT2D eigenvalue weighted by Crippen LogP contribution is 2.31. The maximum Gasteiger partial charge on any atom is 0.336 e. The highest BCUT2D eigenvalue weighted by atomic mass is 32.1. The molecule has 5 rings (SSSR count). The van der Waals surface area contributed by atoms with E-state index in [1.807, 2.05) is 31.4 Å². The Kier molecular flexibility index (Phi) is 4.55. The molecule has 7 heteroatoms. The summed E-state index contributed by atoms with van der Waals surface area (Å²) in [5.74, 6) is -0.334. The number of hydrogen-bond acceptors (Lipinski definition) is 5. The molecule has 2 aromatic carbocycles. The molecule has 0 aliphatic carbocycles. The van der Waals surface area contributed by atoms with Crippen LogP contribution in [0, 0.1) is 19.7 Å². The average Bonchev–Trinajstić information content (AvgIpc) is 3.18. The summed E-state index contributed by atoms with van der Waals surface area (Å²) in [6.45, 7) is 4.05. The number of benzene rings is 2. The van der Waals surface area contributed by atoms with Crippen LogP contribution < -0.4 is 11.2 Å². The molecule has 3 heterocycles. The summed E-state index contributed by atoms with van der Waals surface area (Å²) in [5.41, 5.74) is 3.95. The van der Waals surface area contributed by atoms with Crippen LogP contribution in [0.4, 0.5) is 4.39 Å². The minimum Gasteiger partial charge on any atom is -0.422 e. The highest BCUT2D eigenvalue weighted by Gasteiger charge is 2.15. The number of rotatable bonds is 3. The van der Waals surface area contributed by atoms with Crippen molar-refractivity contribution in [1.82, 2.24) is 9.55 Å². The first kappa shape index (κ1) is 19.4. The first-order chi connectivity index (χ1) is 14.9. The van der Waals surface area contributed by atoms with Gasteiger partial charge in [-0.25, -0.2) is 14.2 Å². The molecule has 0 fully saturated rings. The Labute approximate surface area is 180 Å². The Morgan fingerprint density at radius 3 is 2.65 bits per heavy atom. The van der Waals surface area contributed by atoms with Gasteiger partial charge in [-0.15, -0.1) is 11.3 Å². The lowest BCUT2D eigenvalue weighted by Crippen LogP contribution is -2.21. The number of aromatic nitrogens is 2. The summed E-state index contributed by atoms with van der Waals surface area (Å²) in [5, 5.41) is 3.13. The maximum atomic E-state index is 13.4. The Morgan fingerprint density at radius 2 is 1.87 bits per heavy atom. The second-order valence-electron chi connectivity index (χ2n) is 7.49. The smallest absolute Gasteiger partial charge is 0.336 e. The molecule has 0 saturated carbocycles. The van der Waals surface area contributed by atoms with Gasteiger partial charge in [0.1, 0.15) is 16.2 Å². The van der Waals surface area contributed by atoms with Gasteiger partial charge in [-0.1, -0.05) is 24.3 Å². The number of fused-ring (bicyclic) bond motifs is 2. The Morgan fingerprint density at radius 1 is 1.10 bits per heavy atom. The molecule has 154 valence electrons. The minimum atomic E-state index is -0.458. The molecule has 0 aliphatic heterocycles. The van der Waals surface area contributed by atoms with Gasteiger partial charge >= 0.3 is 5.63 Å². The standard InChI is InChI=1S/C24H17FN2O3S/c1-13-3-8-18-16(9-20(28)30-22(18)14(13)2)10-27-12-26-23-21(24(27)29)19(11-31-23)15-4-6-17(25)7-5-15/h3-9,11-12H,10H2,1-2H3. The molecule has 0 bridgehead atoms. The van der Waals surface area contributed by atoms with Crippen molar-refractivity contribution in [1.29, 1.82) is 0 Å². The molecule has 5 nitrogen and oxygen atoms in total. The van der Waals surface area contributed by atoms with Crippen LogP contribution in [0.5, 0.6) is 0 Å². The molecule has 0 aliphatic rings. The van der Waals surface area contributed by atoms with Crippen molar-refractivity contribution in [3.63, 3.8) is 0 Å². The lowest BCUT2D eigenvalue weighted by molar-refractivity contribution is 0.554. The Balaban J connectivity index is 1.67. The predicted octanol–water partition coefficient (Wildman–Crippen LogP) is 5.04. The molecule has 0 unspecified atom stereocenters. The summed E-state index contributed by atoms with van der Waals surface area (Å²) < 4.78 is 20.3. The van der Waals surface area contributed by atoms with Crippen LogP contribution in [-0.4, -0.2) is 9.55 Å². The van der Waals surface area contributed by atoms with Crippen molar-refractivity contribution in [3.05, 3.63) is 97.5 Å². The lowest BCUT2D eigenvalue weighted by atomic mass is 10.0. The van der Waals surface area contributed by atoms with Crippen LogP contribution >= 0.6 is 11.3 Å². The first-order valence-corrected chi connectivity index (χ1v) is 10.6. The van der Waals surface area contributed by atoms with E-state index in [0.29, 0.717) is 21.4 Å². The van der Waals surface area contributed by atoms with Crippen molar-refractivity contribution < 1.29 is 8.81 Å². The number of aryl methyl sites for hydroxylation is 2. The van der Waals surface area contributed by atoms with Crippen LogP contribution in [0.3, 0.4) is 0 Å². The van der Waals surface area contributed by atoms with Gasteiger partial charge in [-0.2, -0.15) is 0 Å². The predicted molar refractivity (Wildman–Crippen MR) is 120 cm³/mol. The summed E-state index contributed by atoms with van der Waals surface area (Å²) in [4.78, 5) is 30.6. The minimum absolute atomic E-state index is 0.186. The largest absolute Gasteiger partial charge is 0.422 e. The monoisotopic (exact) mass is 432 g/mol. The van der Waals surface area contributed by atoms with Gasteiger partial charge in [-0.05, 0) is 48.2 Å². The van der Waals surface area contributed by atoms with Crippen LogP contribution in [0.15, 0.2) is 68.2 Å². The number of nitrogens with zero attached hydrogens (tertiary/aromatic N) is 2. The molecule has 3 aromatic heterocycles. The fraction of sp³-hybridized carbons (Fsp3) is 0.125. The molecule has 0 atom stereocenters. The average molecular weight is 432 g/mol. The third-order valence-electron chi connectivity index (χ3n) is 5.57. The quantitative estimate of drug-likeness (QED) is 0.375. The molecule has 5 aromatic rings. The summed E-state index contributed by atoms with van der Waals surface area (Å²) in [6, 6.07) is 11.3. The van der Waals surface area contributed by atoms with E-state index in [0.717, 1.165) is 27.6 Å². The number of hydrogen-bond donors (Lipinski definition) is 0. The topological polar surface area (TPSA) is 65.1 Å². The van der Waals surface area contributed by atoms with Gasteiger partial charge in [-0.3, -0.25) is 9.36 Å². The van der Waals surface area contributed by atoms with Crippen LogP contribution in [0.1, 0.15) is 16.7 Å². The summed E-state index contributed by atoms with van der Waals surface area (Å²) in [6.07, 6.45) is 1.50. The third kappa shape index (κ3) is 3.27. The molecule has 0 spiro atoms. The lowest BCUT2D eigenvalue weighted by Gasteiger charge is -2.11. The molecule has 31 heavy (non-hydrogen) atoms. The van der Waals surface area contributed by atoms with Crippen molar-refractivity contribution in [2.24, 2.45) is 0 Å². The third-order valence-corrected chi connectivity index (χ3v) is 6.46. The van der Waals surface area contributed by atoms with Gasteiger partial charge in [0.05, 0.1) is 18.3 Å². The van der Waals surface area contributed by atoms with Crippen LogP contribution in [0.25, 0.3) is 32.3 Å². The van der Waals surface area contributed by atoms with Crippen molar-refractivity contribution >= 4 is 32.5 Å². The van der Waals surface area contributed by atoms with Crippen LogP contribution in [0.2, 0.25) is 0 Å². The summed E-state index contributed by atoms with van der Waals surface area (Å²) >= 11 is 1.37. The molecule has 0 saturated heterocycles. The Hall–Kier alpha value is -3.58. The zero-order chi connectivity index (χ0) is 21.7. The second kappa shape index (κ2) is 7.28. The van der Waals surface area contributed by atoms with E-state index in [1.54, 1.807) is 12.1 Å². The SMILES string of the molecule is Cc1ccc2c(Cn3cnc4scc(-c5ccc(F)cc5)c4c3=O)cc(=O)oc2c1C. The van der Waals surface area contributed by atoms with E-state index in [9.17, 15) is 14.0 Å². The van der Waals surface area contributed by atoms with Crippen molar-refractivity contribution in [3.8, 4) is 11.1 Å². The number of thiophene rings is 1. The van der Waals surface area contributed by atoms with Crippen molar-refractivity contribution in [2.45, 2.75) is 20.4 Å². The second-order valence-corrected chi connectivity index (χ2v) is 8.35. The van der Waals surface area contributed by atoms with E-state index in [4.69, 9.17) is 4.42 Å². The zero-order valence-corrected chi connectivity index (χ0v) is 17.6. The van der Waals surface area contributed by atoms with Gasteiger partial charge in [0, 0.05) is 22.4 Å². The summed E-state index contributed by atoms with van der Waals surface area (Å²) in [7, 11) is 0. The molecule has 0 radical (unpaired) electrons. The number of halogens is 1. The first-order valence-electron chi connectivity index (χ1n) is 9.68. The molecule has 0 amide bonds. The van der Waals surface area contributed by atoms with Crippen LogP contribution in [-0.2, 0) is 6.54 Å². The highest BCUT2D eigenvalue weighted by molar-refractivity contribution is 7.17. The van der Waals surface area contributed by atoms with Crippen molar-refractivity contribution in [2.75, 3.05) is 0 Å². The molecule has 0 N–H and O–H groups in total. The van der Waals surface area contributed by atoms with E-state index in [2.05, 4.69) is 4.98 Å². The van der Waals surface area contributed by atoms with Gasteiger partial charge in [0.2, 0.25) is 0 Å². The van der Waals surface area contributed by atoms with E-state index < -0.39 is 5.63 Å². The fourth-order valence-electron chi connectivity index (χ4n) is 3.76. The van der Waals surface area contributed by atoms with E-state index in [-0.39, 0.29) is 17.9 Å². The molecular weight excluding hydrogens is 415 g/mol.